The van der Waals surface area contributed by atoms with Crippen LogP contribution in [0.5, 0.6) is 5.75 Å². The van der Waals surface area contributed by atoms with E-state index in [1.165, 1.54) is 19.1 Å². The number of benzene rings is 1. The number of epoxide rings is 1. The zero-order valence-corrected chi connectivity index (χ0v) is 33.3. The van der Waals surface area contributed by atoms with Crippen molar-refractivity contribution in [1.29, 1.82) is 0 Å². The van der Waals surface area contributed by atoms with Crippen molar-refractivity contribution >= 4 is 29.8 Å². The maximum absolute atomic E-state index is 13.2. The second kappa shape index (κ2) is 28.6. The number of hydrogen-bond acceptors (Lipinski definition) is 11. The number of amides is 3. The van der Waals surface area contributed by atoms with Crippen molar-refractivity contribution in [3.8, 4) is 5.75 Å². The highest BCUT2D eigenvalue weighted by atomic mass is 16.6. The van der Waals surface area contributed by atoms with Crippen molar-refractivity contribution in [2.75, 3.05) is 60.2 Å². The highest BCUT2D eigenvalue weighted by Crippen LogP contribution is 2.33. The van der Waals surface area contributed by atoms with Crippen molar-refractivity contribution in [2.24, 2.45) is 17.4 Å². The van der Waals surface area contributed by atoms with Crippen LogP contribution in [0.3, 0.4) is 0 Å². The van der Waals surface area contributed by atoms with Crippen molar-refractivity contribution in [2.45, 2.75) is 104 Å². The molecule has 1 aromatic carbocycles. The number of nitrogens with zero attached hydrogens (tertiary/aromatic N) is 1. The molecule has 1 saturated carbocycles. The Morgan fingerprint density at radius 2 is 1.58 bits per heavy atom. The van der Waals surface area contributed by atoms with E-state index in [0.29, 0.717) is 30.9 Å². The lowest BCUT2D eigenvalue weighted by Crippen LogP contribution is -2.53. The third kappa shape index (κ3) is 22.7. The Balaban J connectivity index is 0.00000130. The molecule has 1 aromatic rings. The van der Waals surface area contributed by atoms with E-state index < -0.39 is 29.5 Å². The molecular formula is C39H68N6O8. The van der Waals surface area contributed by atoms with E-state index in [1.54, 1.807) is 21.0 Å². The minimum Gasteiger partial charge on any atom is -0.497 e. The summed E-state index contributed by atoms with van der Waals surface area (Å²) in [5.74, 6) is -0.000366. The van der Waals surface area contributed by atoms with Crippen LogP contribution in [0.25, 0.3) is 0 Å². The lowest BCUT2D eigenvalue weighted by atomic mass is 9.82. The van der Waals surface area contributed by atoms with Gasteiger partial charge >= 0.3 is 0 Å². The van der Waals surface area contributed by atoms with Crippen LogP contribution in [0.15, 0.2) is 36.5 Å². The first-order valence-electron chi connectivity index (χ1n) is 18.6. The summed E-state index contributed by atoms with van der Waals surface area (Å²) in [5, 5.41) is 8.09. The van der Waals surface area contributed by atoms with E-state index in [-0.39, 0.29) is 37.9 Å². The fraction of sp³-hybridized carbons (Fsp3) is 0.667. The molecule has 1 saturated heterocycles. The number of nitrogens with two attached hydrogens (primary N) is 2. The molecule has 7 N–H and O–H groups in total. The number of rotatable bonds is 19. The molecule has 0 spiro atoms. The zero-order chi connectivity index (χ0) is 40.2. The number of nitrogens with one attached hydrogen (secondary N) is 3. The highest BCUT2D eigenvalue weighted by Gasteiger charge is 2.54. The Morgan fingerprint density at radius 1 is 1.04 bits per heavy atom. The molecule has 302 valence electrons. The minimum absolute atomic E-state index is 0.139. The zero-order valence-electron chi connectivity index (χ0n) is 33.3. The Bertz CT molecular complexity index is 1210. The molecule has 53 heavy (non-hydrogen) atoms. The number of aryl methyl sites for hydroxylation is 1. The summed E-state index contributed by atoms with van der Waals surface area (Å²) in [6.45, 7) is 15.0. The molecule has 0 aromatic heterocycles. The Hall–Kier alpha value is -3.85. The number of ether oxygens (including phenoxy) is 3. The lowest BCUT2D eigenvalue weighted by Gasteiger charge is -2.28. The van der Waals surface area contributed by atoms with E-state index >= 15 is 0 Å². The largest absolute Gasteiger partial charge is 0.497 e. The molecule has 3 rings (SSSR count). The molecule has 1 heterocycles. The second-order valence-corrected chi connectivity index (χ2v) is 13.5. The molecule has 0 bridgehead atoms. The van der Waals surface area contributed by atoms with E-state index in [2.05, 4.69) is 53.9 Å². The number of hydrogen-bond donors (Lipinski definition) is 5. The van der Waals surface area contributed by atoms with Gasteiger partial charge in [0.1, 0.15) is 18.1 Å². The van der Waals surface area contributed by atoms with Crippen LogP contribution in [0.4, 0.5) is 0 Å². The maximum Gasteiger partial charge on any atom is 0.242 e. The molecule has 3 amide bonds. The third-order valence-corrected chi connectivity index (χ3v) is 8.26. The van der Waals surface area contributed by atoms with Gasteiger partial charge in [-0.25, -0.2) is 0 Å². The monoisotopic (exact) mass is 749 g/mol. The molecule has 3 atom stereocenters. The van der Waals surface area contributed by atoms with E-state index in [0.717, 1.165) is 57.4 Å². The Morgan fingerprint density at radius 3 is 2.04 bits per heavy atom. The number of carbonyl (C=O) groups excluding carboxylic acids is 5. The Kier molecular flexibility index (Phi) is 26.5. The van der Waals surface area contributed by atoms with Crippen LogP contribution >= 0.6 is 0 Å². The summed E-state index contributed by atoms with van der Waals surface area (Å²) >= 11 is 0. The highest BCUT2D eigenvalue weighted by molar-refractivity contribution is 5.98. The molecular weight excluding hydrogens is 680 g/mol. The van der Waals surface area contributed by atoms with Gasteiger partial charge in [0.2, 0.25) is 17.7 Å². The molecule has 14 heteroatoms. The van der Waals surface area contributed by atoms with Crippen molar-refractivity contribution in [3.63, 3.8) is 0 Å². The number of ketones is 1. The minimum atomic E-state index is -0.979. The molecule has 1 aliphatic carbocycles. The summed E-state index contributed by atoms with van der Waals surface area (Å²) in [7, 11) is 3.19. The topological polar surface area (TPSA) is 208 Å². The van der Waals surface area contributed by atoms with Gasteiger partial charge in [0.05, 0.1) is 39.5 Å². The van der Waals surface area contributed by atoms with Crippen LogP contribution in [0, 0.1) is 12.8 Å². The van der Waals surface area contributed by atoms with Gasteiger partial charge in [0.25, 0.3) is 0 Å². The second-order valence-electron chi connectivity index (χ2n) is 13.5. The van der Waals surface area contributed by atoms with Crippen LogP contribution in [0.2, 0.25) is 0 Å². The average molecular weight is 749 g/mol. The third-order valence-electron chi connectivity index (χ3n) is 8.26. The van der Waals surface area contributed by atoms with E-state index in [4.69, 9.17) is 24.7 Å². The van der Waals surface area contributed by atoms with Gasteiger partial charge in [-0.05, 0) is 76.9 Å². The van der Waals surface area contributed by atoms with Crippen LogP contribution in [-0.2, 0) is 33.4 Å². The van der Waals surface area contributed by atoms with Crippen molar-refractivity contribution in [1.82, 2.24) is 20.9 Å². The molecule has 2 fully saturated rings. The smallest absolute Gasteiger partial charge is 0.242 e. The predicted octanol–water partition coefficient (Wildman–Crippen LogP) is 2.80. The van der Waals surface area contributed by atoms with Crippen LogP contribution in [0.1, 0.15) is 84.6 Å². The normalized spacial score (nSPS) is 17.1. The number of aldehydes is 1. The van der Waals surface area contributed by atoms with Gasteiger partial charge in [0, 0.05) is 13.7 Å². The van der Waals surface area contributed by atoms with E-state index in [1.807, 2.05) is 24.3 Å². The quantitative estimate of drug-likeness (QED) is 0.103. The first-order valence-corrected chi connectivity index (χ1v) is 18.6. The van der Waals surface area contributed by atoms with Gasteiger partial charge in [-0.2, -0.15) is 0 Å². The first kappa shape index (κ1) is 49.1. The van der Waals surface area contributed by atoms with Gasteiger partial charge < -0.3 is 46.4 Å². The Labute approximate surface area is 317 Å². The number of Topliss-reactive ketones (excluding diaryl/α,β-unsaturated/α-hetero) is 1. The van der Waals surface area contributed by atoms with E-state index in [9.17, 15) is 19.2 Å². The molecule has 0 radical (unpaired) electrons. The molecule has 1 aliphatic heterocycles. The standard InChI is InChI=1S/C26H46N4O6.C8H10O.C3H7N.C2H5NO/c1-5-12-30(13-6-2)16-23(32)28-19(3)25(34)27-15-22(31)29-21(14-20-10-8-7-9-11-20)24(33)26(17-35-4)18-36-26;1-7-3-5-8(9-2)6-4-7;1-3(2)4;3-1-2-4/h19-21H,5-18H2,1-4H3,(H,27,34)(H,28,32)(H,29,31);3-6H,1-2H3;1,4H2,2H3;2H,1,3H2/t19-,21-,26+;;;/m0.../s1. The maximum atomic E-state index is 13.2. The summed E-state index contributed by atoms with van der Waals surface area (Å²) in [5.41, 5.74) is 10.5. The molecule has 0 unspecified atom stereocenters. The fourth-order valence-electron chi connectivity index (χ4n) is 5.62. The van der Waals surface area contributed by atoms with Gasteiger partial charge in [0.15, 0.2) is 11.4 Å². The number of methoxy groups -OCH3 is 2. The SMILES string of the molecule is C=C(C)N.CCCN(CCC)CC(=O)N[C@@H](C)C(=O)NCC(=O)N[C@@H](CC1CCCCC1)C(=O)[C@@]1(COC)CO1.COc1ccc(C)cc1.NCC=O. The number of allylic oxidation sites excluding steroid dienone is 1. The van der Waals surface area contributed by atoms with Crippen molar-refractivity contribution < 1.29 is 38.2 Å². The fourth-order valence-corrected chi connectivity index (χ4v) is 5.62. The van der Waals surface area contributed by atoms with Gasteiger partial charge in [-0.1, -0.05) is 70.2 Å². The average Bonchev–Trinajstić information content (AvgIpc) is 3.91. The van der Waals surface area contributed by atoms with Crippen molar-refractivity contribution in [3.05, 3.63) is 42.1 Å². The number of carbonyl (C=O) groups is 5. The summed E-state index contributed by atoms with van der Waals surface area (Å²) in [6.07, 6.45) is 8.66. The van der Waals surface area contributed by atoms with Crippen LogP contribution in [-0.4, -0.2) is 113 Å². The first-order chi connectivity index (χ1) is 25.2. The summed E-state index contributed by atoms with van der Waals surface area (Å²) in [6, 6.07) is 6.50. The predicted molar refractivity (Wildman–Crippen MR) is 208 cm³/mol. The van der Waals surface area contributed by atoms with Crippen LogP contribution < -0.4 is 32.2 Å². The summed E-state index contributed by atoms with van der Waals surface area (Å²) < 4.78 is 15.6. The van der Waals surface area contributed by atoms with Gasteiger partial charge in [-0.15, -0.1) is 0 Å². The molecule has 14 nitrogen and oxygen atoms in total. The molecule has 2 aliphatic rings. The summed E-state index contributed by atoms with van der Waals surface area (Å²) in [4.78, 5) is 61.9. The lowest BCUT2D eigenvalue weighted by molar-refractivity contribution is -0.133. The van der Waals surface area contributed by atoms with Gasteiger partial charge in [-0.3, -0.25) is 24.1 Å².